The number of carbonyl (C=O) groups is 2. The molecule has 0 amide bonds. The van der Waals surface area contributed by atoms with Crippen molar-refractivity contribution in [2.75, 3.05) is 6.61 Å². The minimum Gasteiger partial charge on any atom is -0.460 e. The van der Waals surface area contributed by atoms with Gasteiger partial charge in [0, 0.05) is 17.8 Å². The van der Waals surface area contributed by atoms with Gasteiger partial charge in [0.1, 0.15) is 0 Å². The molecule has 14 heavy (non-hydrogen) atoms. The Kier molecular flexibility index (Phi) is 2.23. The van der Waals surface area contributed by atoms with Crippen molar-refractivity contribution < 1.29 is 14.3 Å². The van der Waals surface area contributed by atoms with Gasteiger partial charge in [-0.15, -0.1) is 0 Å². The molecule has 0 unspecified atom stereocenters. The van der Waals surface area contributed by atoms with Crippen LogP contribution in [0.25, 0.3) is 0 Å². The molecule has 0 aromatic rings. The van der Waals surface area contributed by atoms with E-state index in [9.17, 15) is 9.59 Å². The molecule has 3 heteroatoms. The van der Waals surface area contributed by atoms with Crippen molar-refractivity contribution in [2.45, 2.75) is 6.92 Å². The summed E-state index contributed by atoms with van der Waals surface area (Å²) in [5.41, 5.74) is 0. The van der Waals surface area contributed by atoms with E-state index in [1.807, 2.05) is 24.3 Å². The predicted molar refractivity (Wildman–Crippen MR) is 50.4 cm³/mol. The van der Waals surface area contributed by atoms with Crippen LogP contribution in [0.2, 0.25) is 0 Å². The normalized spacial score (nSPS) is 32.2. The van der Waals surface area contributed by atoms with Crippen molar-refractivity contribution in [3.8, 4) is 0 Å². The van der Waals surface area contributed by atoms with Gasteiger partial charge in [-0.3, -0.25) is 4.79 Å². The molecule has 0 N–H and O–H groups in total. The molecule has 74 valence electrons. The summed E-state index contributed by atoms with van der Waals surface area (Å²) < 4.78 is 4.70. The highest BCUT2D eigenvalue weighted by molar-refractivity contribution is 6.34. The van der Waals surface area contributed by atoms with Crippen LogP contribution in [0.4, 0.5) is 0 Å². The molecule has 0 saturated heterocycles. The average molecular weight is 192 g/mol. The SMILES string of the molecule is CCOC(=O)C(=O)C1C2C=CC1C=C2. The average Bonchev–Trinajstić information content (AvgIpc) is 2.76. The number of Topliss-reactive ketones (excluding diaryl/α,β-unsaturated/α-hetero) is 1. The standard InChI is InChI=1S/C11H12O3/c1-2-14-11(13)10(12)9-7-3-4-8(9)6-5-7/h3-9H,2H2,1H3. The summed E-state index contributed by atoms with van der Waals surface area (Å²) in [6.07, 6.45) is 7.91. The number of carbonyl (C=O) groups excluding carboxylic acids is 2. The first-order valence-electron chi connectivity index (χ1n) is 4.81. The van der Waals surface area contributed by atoms with E-state index >= 15 is 0 Å². The number of rotatable bonds is 3. The Hall–Kier alpha value is -1.38. The molecule has 0 atom stereocenters. The number of hydrogen-bond acceptors (Lipinski definition) is 3. The molecule has 3 nitrogen and oxygen atoms in total. The number of fused-ring (bicyclic) bond motifs is 2. The monoisotopic (exact) mass is 192 g/mol. The third kappa shape index (κ3) is 1.29. The van der Waals surface area contributed by atoms with Crippen LogP contribution in [0.15, 0.2) is 24.3 Å². The summed E-state index contributed by atoms with van der Waals surface area (Å²) in [5.74, 6) is -1.10. The molecule has 0 fully saturated rings. The van der Waals surface area contributed by atoms with Gasteiger partial charge in [0.25, 0.3) is 0 Å². The van der Waals surface area contributed by atoms with Crippen LogP contribution in [0.5, 0.6) is 0 Å². The number of ether oxygens (including phenoxy) is 1. The molecule has 0 saturated carbocycles. The second-order valence-electron chi connectivity index (χ2n) is 3.54. The molecule has 0 spiro atoms. The molecule has 0 radical (unpaired) electrons. The second kappa shape index (κ2) is 3.40. The minimum atomic E-state index is -0.695. The zero-order chi connectivity index (χ0) is 10.1. The highest BCUT2D eigenvalue weighted by Gasteiger charge is 2.41. The maximum absolute atomic E-state index is 11.6. The Bertz CT molecular complexity index is 297. The quantitative estimate of drug-likeness (QED) is 0.382. The summed E-state index contributed by atoms with van der Waals surface area (Å²) in [6.45, 7) is 1.96. The summed E-state index contributed by atoms with van der Waals surface area (Å²) in [7, 11) is 0. The Morgan fingerprint density at radius 1 is 1.14 bits per heavy atom. The van der Waals surface area contributed by atoms with Gasteiger partial charge in [-0.1, -0.05) is 24.3 Å². The first-order valence-corrected chi connectivity index (χ1v) is 4.81. The first kappa shape index (κ1) is 9.19. The highest BCUT2D eigenvalue weighted by atomic mass is 16.5. The molecule has 2 aliphatic rings. The third-order valence-electron chi connectivity index (χ3n) is 2.72. The van der Waals surface area contributed by atoms with Gasteiger partial charge in [-0.2, -0.15) is 0 Å². The van der Waals surface area contributed by atoms with Gasteiger partial charge in [-0.05, 0) is 6.92 Å². The van der Waals surface area contributed by atoms with E-state index in [2.05, 4.69) is 0 Å². The lowest BCUT2D eigenvalue weighted by Gasteiger charge is -2.12. The Morgan fingerprint density at radius 3 is 2.07 bits per heavy atom. The van der Waals surface area contributed by atoms with Gasteiger partial charge in [-0.25, -0.2) is 4.79 Å². The van der Waals surface area contributed by atoms with Gasteiger partial charge < -0.3 is 4.74 Å². The molecule has 2 bridgehead atoms. The Morgan fingerprint density at radius 2 is 1.64 bits per heavy atom. The van der Waals surface area contributed by atoms with Crippen LogP contribution < -0.4 is 0 Å². The van der Waals surface area contributed by atoms with Crippen molar-refractivity contribution >= 4 is 11.8 Å². The van der Waals surface area contributed by atoms with Crippen LogP contribution in [0, 0.1) is 17.8 Å². The lowest BCUT2D eigenvalue weighted by atomic mass is 9.91. The van der Waals surface area contributed by atoms with Crippen LogP contribution in [-0.2, 0) is 14.3 Å². The minimum absolute atomic E-state index is 0.108. The highest BCUT2D eigenvalue weighted by Crippen LogP contribution is 2.39. The van der Waals surface area contributed by atoms with Gasteiger partial charge in [0.05, 0.1) is 6.61 Å². The van der Waals surface area contributed by atoms with Crippen molar-refractivity contribution in [1.82, 2.24) is 0 Å². The first-order chi connectivity index (χ1) is 6.74. The molecule has 0 aromatic heterocycles. The summed E-state index contributed by atoms with van der Waals surface area (Å²) >= 11 is 0. The van der Waals surface area contributed by atoms with E-state index in [1.54, 1.807) is 6.92 Å². The summed E-state index contributed by atoms with van der Waals surface area (Å²) in [5, 5.41) is 0. The maximum atomic E-state index is 11.6. The lowest BCUT2D eigenvalue weighted by molar-refractivity contribution is -0.155. The lowest BCUT2D eigenvalue weighted by Crippen LogP contribution is -2.29. The van der Waals surface area contributed by atoms with E-state index in [4.69, 9.17) is 4.74 Å². The van der Waals surface area contributed by atoms with E-state index in [0.717, 1.165) is 0 Å². The van der Waals surface area contributed by atoms with Crippen LogP contribution in [-0.4, -0.2) is 18.4 Å². The topological polar surface area (TPSA) is 43.4 Å². The summed E-state index contributed by atoms with van der Waals surface area (Å²) in [6, 6.07) is 0. The van der Waals surface area contributed by atoms with Crippen LogP contribution in [0.3, 0.4) is 0 Å². The fourth-order valence-electron chi connectivity index (χ4n) is 2.06. The molecular weight excluding hydrogens is 180 g/mol. The van der Waals surface area contributed by atoms with E-state index in [0.29, 0.717) is 0 Å². The van der Waals surface area contributed by atoms with E-state index in [-0.39, 0.29) is 24.4 Å². The number of ketones is 1. The van der Waals surface area contributed by atoms with Crippen molar-refractivity contribution in [3.63, 3.8) is 0 Å². The van der Waals surface area contributed by atoms with Crippen molar-refractivity contribution in [3.05, 3.63) is 24.3 Å². The largest absolute Gasteiger partial charge is 0.460 e. The molecule has 2 aliphatic carbocycles. The van der Waals surface area contributed by atoms with E-state index < -0.39 is 11.8 Å². The summed E-state index contributed by atoms with van der Waals surface area (Å²) in [4.78, 5) is 22.9. The smallest absolute Gasteiger partial charge is 0.374 e. The third-order valence-corrected chi connectivity index (χ3v) is 2.72. The molecule has 2 rings (SSSR count). The molecular formula is C11H12O3. The molecule has 0 heterocycles. The Balaban J connectivity index is 2.04. The van der Waals surface area contributed by atoms with Crippen molar-refractivity contribution in [1.29, 1.82) is 0 Å². The zero-order valence-corrected chi connectivity index (χ0v) is 7.97. The van der Waals surface area contributed by atoms with Crippen LogP contribution in [0.1, 0.15) is 6.92 Å². The van der Waals surface area contributed by atoms with Crippen LogP contribution >= 0.6 is 0 Å². The zero-order valence-electron chi connectivity index (χ0n) is 7.97. The van der Waals surface area contributed by atoms with E-state index in [1.165, 1.54) is 0 Å². The van der Waals surface area contributed by atoms with Gasteiger partial charge in [0.15, 0.2) is 0 Å². The Labute approximate surface area is 82.4 Å². The fraction of sp³-hybridized carbons (Fsp3) is 0.455. The predicted octanol–water partition coefficient (Wildman–Crippen LogP) is 1.11. The molecule has 0 aliphatic heterocycles. The van der Waals surface area contributed by atoms with Crippen molar-refractivity contribution in [2.24, 2.45) is 17.8 Å². The fourth-order valence-corrected chi connectivity index (χ4v) is 2.06. The van der Waals surface area contributed by atoms with Gasteiger partial charge in [0.2, 0.25) is 5.78 Å². The maximum Gasteiger partial charge on any atom is 0.374 e. The van der Waals surface area contributed by atoms with Gasteiger partial charge >= 0.3 is 5.97 Å². The molecule has 0 aromatic carbocycles. The second-order valence-corrected chi connectivity index (χ2v) is 3.54. The number of hydrogen-bond donors (Lipinski definition) is 0. The number of allylic oxidation sites excluding steroid dienone is 4. The number of esters is 1.